The van der Waals surface area contributed by atoms with E-state index >= 15 is 0 Å². The van der Waals surface area contributed by atoms with Gasteiger partial charge in [-0.1, -0.05) is 0 Å². The van der Waals surface area contributed by atoms with Crippen LogP contribution in [0.5, 0.6) is 0 Å². The second kappa shape index (κ2) is 5.50. The molecule has 15 heavy (non-hydrogen) atoms. The standard InChI is InChI=1S/C10H18N4O/c1-4-14(5-6-15)9-7-8(2)12-10(11-3)13-9/h7,15H,4-6H2,1-3H3,(H,11,12,13). The summed E-state index contributed by atoms with van der Waals surface area (Å²) in [4.78, 5) is 10.6. The highest BCUT2D eigenvalue weighted by Gasteiger charge is 2.07. The smallest absolute Gasteiger partial charge is 0.224 e. The van der Waals surface area contributed by atoms with E-state index in [1.54, 1.807) is 7.05 Å². The number of rotatable bonds is 5. The van der Waals surface area contributed by atoms with Gasteiger partial charge in [0.2, 0.25) is 5.95 Å². The lowest BCUT2D eigenvalue weighted by Crippen LogP contribution is -2.27. The third-order valence-electron chi connectivity index (χ3n) is 2.14. The van der Waals surface area contributed by atoms with Crippen molar-refractivity contribution in [1.29, 1.82) is 0 Å². The van der Waals surface area contributed by atoms with Crippen molar-refractivity contribution in [3.8, 4) is 0 Å². The molecule has 0 radical (unpaired) electrons. The van der Waals surface area contributed by atoms with Gasteiger partial charge in [-0.3, -0.25) is 0 Å². The number of hydrogen-bond acceptors (Lipinski definition) is 5. The van der Waals surface area contributed by atoms with Crippen LogP contribution in [0.15, 0.2) is 6.07 Å². The van der Waals surface area contributed by atoms with E-state index in [2.05, 4.69) is 15.3 Å². The molecule has 0 amide bonds. The Morgan fingerprint density at radius 3 is 2.73 bits per heavy atom. The van der Waals surface area contributed by atoms with E-state index in [4.69, 9.17) is 5.11 Å². The summed E-state index contributed by atoms with van der Waals surface area (Å²) >= 11 is 0. The number of aryl methyl sites for hydroxylation is 1. The SMILES string of the molecule is CCN(CCO)c1cc(C)nc(NC)n1. The fourth-order valence-corrected chi connectivity index (χ4v) is 1.38. The highest BCUT2D eigenvalue weighted by Crippen LogP contribution is 2.13. The summed E-state index contributed by atoms with van der Waals surface area (Å²) in [5.41, 5.74) is 0.917. The molecule has 84 valence electrons. The van der Waals surface area contributed by atoms with Crippen LogP contribution in [0.4, 0.5) is 11.8 Å². The number of anilines is 2. The number of hydrogen-bond donors (Lipinski definition) is 2. The van der Waals surface area contributed by atoms with Crippen LogP contribution < -0.4 is 10.2 Å². The molecule has 0 spiro atoms. The lowest BCUT2D eigenvalue weighted by molar-refractivity contribution is 0.302. The zero-order valence-corrected chi connectivity index (χ0v) is 9.49. The third-order valence-corrected chi connectivity index (χ3v) is 2.14. The molecule has 0 saturated heterocycles. The van der Waals surface area contributed by atoms with Crippen molar-refractivity contribution in [3.05, 3.63) is 11.8 Å². The van der Waals surface area contributed by atoms with Crippen molar-refractivity contribution in [1.82, 2.24) is 9.97 Å². The minimum atomic E-state index is 0.131. The summed E-state index contributed by atoms with van der Waals surface area (Å²) in [6.07, 6.45) is 0. The van der Waals surface area contributed by atoms with Crippen LogP contribution in [0.25, 0.3) is 0 Å². The largest absolute Gasteiger partial charge is 0.395 e. The van der Waals surface area contributed by atoms with Crippen molar-refractivity contribution >= 4 is 11.8 Å². The zero-order valence-electron chi connectivity index (χ0n) is 9.49. The lowest BCUT2D eigenvalue weighted by Gasteiger charge is -2.21. The molecule has 0 atom stereocenters. The number of aliphatic hydroxyl groups is 1. The normalized spacial score (nSPS) is 10.1. The number of nitrogens with one attached hydrogen (secondary N) is 1. The second-order valence-electron chi connectivity index (χ2n) is 3.24. The summed E-state index contributed by atoms with van der Waals surface area (Å²) in [5, 5.41) is 11.8. The fourth-order valence-electron chi connectivity index (χ4n) is 1.38. The fraction of sp³-hybridized carbons (Fsp3) is 0.600. The maximum absolute atomic E-state index is 8.92. The quantitative estimate of drug-likeness (QED) is 0.747. The molecule has 0 fully saturated rings. The van der Waals surface area contributed by atoms with E-state index in [0.717, 1.165) is 18.1 Å². The predicted octanol–water partition coefficient (Wildman–Crippen LogP) is 0.645. The summed E-state index contributed by atoms with van der Waals surface area (Å²) in [7, 11) is 1.79. The van der Waals surface area contributed by atoms with Gasteiger partial charge in [0.05, 0.1) is 6.61 Å². The van der Waals surface area contributed by atoms with Crippen LogP contribution >= 0.6 is 0 Å². The first-order chi connectivity index (χ1) is 7.21. The summed E-state index contributed by atoms with van der Waals surface area (Å²) in [6.45, 7) is 5.51. The molecule has 0 aliphatic carbocycles. The van der Waals surface area contributed by atoms with Crippen LogP contribution in [-0.4, -0.2) is 41.8 Å². The highest BCUT2D eigenvalue weighted by molar-refractivity contribution is 5.44. The Morgan fingerprint density at radius 1 is 1.47 bits per heavy atom. The molecule has 5 nitrogen and oxygen atoms in total. The van der Waals surface area contributed by atoms with Gasteiger partial charge in [0.15, 0.2) is 0 Å². The van der Waals surface area contributed by atoms with Gasteiger partial charge >= 0.3 is 0 Å². The monoisotopic (exact) mass is 210 g/mol. The highest BCUT2D eigenvalue weighted by atomic mass is 16.3. The van der Waals surface area contributed by atoms with Crippen LogP contribution in [0.3, 0.4) is 0 Å². The summed E-state index contributed by atoms with van der Waals surface area (Å²) in [5.74, 6) is 1.46. The Labute approximate surface area is 90.2 Å². The summed E-state index contributed by atoms with van der Waals surface area (Å²) in [6, 6.07) is 1.92. The van der Waals surface area contributed by atoms with E-state index in [-0.39, 0.29) is 6.61 Å². The molecule has 5 heteroatoms. The number of aliphatic hydroxyl groups excluding tert-OH is 1. The third kappa shape index (κ3) is 3.06. The molecule has 0 aliphatic heterocycles. The molecule has 0 aromatic carbocycles. The topological polar surface area (TPSA) is 61.3 Å². The average Bonchev–Trinajstić information content (AvgIpc) is 2.24. The molecular formula is C10H18N4O. The Hall–Kier alpha value is -1.36. The van der Waals surface area contributed by atoms with Gasteiger partial charge in [0.1, 0.15) is 5.82 Å². The lowest BCUT2D eigenvalue weighted by atomic mass is 10.4. The molecule has 0 aliphatic rings. The molecule has 0 bridgehead atoms. The molecule has 0 unspecified atom stereocenters. The Morgan fingerprint density at radius 2 is 2.20 bits per heavy atom. The Kier molecular flexibility index (Phi) is 4.30. The van der Waals surface area contributed by atoms with Crippen molar-refractivity contribution in [2.75, 3.05) is 37.0 Å². The van der Waals surface area contributed by atoms with E-state index in [1.807, 2.05) is 24.8 Å². The van der Waals surface area contributed by atoms with Gasteiger partial charge in [-0.2, -0.15) is 4.98 Å². The molecule has 1 aromatic heterocycles. The average molecular weight is 210 g/mol. The first-order valence-corrected chi connectivity index (χ1v) is 5.10. The van der Waals surface area contributed by atoms with Crippen molar-refractivity contribution in [2.24, 2.45) is 0 Å². The number of aromatic nitrogens is 2. The van der Waals surface area contributed by atoms with Gasteiger partial charge in [0.25, 0.3) is 0 Å². The number of nitrogens with zero attached hydrogens (tertiary/aromatic N) is 3. The van der Waals surface area contributed by atoms with Crippen LogP contribution in [0.1, 0.15) is 12.6 Å². The van der Waals surface area contributed by atoms with E-state index in [9.17, 15) is 0 Å². The maximum Gasteiger partial charge on any atom is 0.224 e. The van der Waals surface area contributed by atoms with Gasteiger partial charge < -0.3 is 15.3 Å². The second-order valence-corrected chi connectivity index (χ2v) is 3.24. The minimum Gasteiger partial charge on any atom is -0.395 e. The molecule has 1 heterocycles. The van der Waals surface area contributed by atoms with Crippen molar-refractivity contribution in [2.45, 2.75) is 13.8 Å². The maximum atomic E-state index is 8.92. The van der Waals surface area contributed by atoms with E-state index in [1.165, 1.54) is 0 Å². The Bertz CT molecular complexity index is 316. The van der Waals surface area contributed by atoms with Crippen molar-refractivity contribution < 1.29 is 5.11 Å². The van der Waals surface area contributed by atoms with Gasteiger partial charge in [0, 0.05) is 31.9 Å². The van der Waals surface area contributed by atoms with Crippen LogP contribution in [0, 0.1) is 6.92 Å². The number of likely N-dealkylation sites (N-methyl/N-ethyl adjacent to an activating group) is 1. The van der Waals surface area contributed by atoms with E-state index in [0.29, 0.717) is 12.5 Å². The predicted molar refractivity (Wildman–Crippen MR) is 61.3 cm³/mol. The molecule has 1 aromatic rings. The molecule has 1 rings (SSSR count). The molecule has 2 N–H and O–H groups in total. The van der Waals surface area contributed by atoms with Crippen molar-refractivity contribution in [3.63, 3.8) is 0 Å². The van der Waals surface area contributed by atoms with Gasteiger partial charge in [-0.15, -0.1) is 0 Å². The summed E-state index contributed by atoms with van der Waals surface area (Å²) < 4.78 is 0. The first-order valence-electron chi connectivity index (χ1n) is 5.10. The zero-order chi connectivity index (χ0) is 11.3. The van der Waals surface area contributed by atoms with Gasteiger partial charge in [-0.25, -0.2) is 4.98 Å². The van der Waals surface area contributed by atoms with E-state index < -0.39 is 0 Å². The first kappa shape index (κ1) is 11.7. The minimum absolute atomic E-state index is 0.131. The van der Waals surface area contributed by atoms with Crippen LogP contribution in [-0.2, 0) is 0 Å². The molecular weight excluding hydrogens is 192 g/mol. The Balaban J connectivity index is 2.95. The van der Waals surface area contributed by atoms with Crippen LogP contribution in [0.2, 0.25) is 0 Å². The van der Waals surface area contributed by atoms with Gasteiger partial charge in [-0.05, 0) is 13.8 Å². The molecule has 0 saturated carbocycles.